The first-order valence-electron chi connectivity index (χ1n) is 6.20. The summed E-state index contributed by atoms with van der Waals surface area (Å²) in [5.74, 6) is -0.885. The Hall–Kier alpha value is -1.55. The molecule has 0 heterocycles. The van der Waals surface area contributed by atoms with Gasteiger partial charge >= 0.3 is 5.97 Å². The van der Waals surface area contributed by atoms with E-state index in [-0.39, 0.29) is 0 Å². The van der Waals surface area contributed by atoms with Gasteiger partial charge in [-0.15, -0.1) is 0 Å². The van der Waals surface area contributed by atoms with Gasteiger partial charge in [0.25, 0.3) is 0 Å². The van der Waals surface area contributed by atoms with Gasteiger partial charge in [0.05, 0.1) is 5.56 Å². The van der Waals surface area contributed by atoms with Crippen LogP contribution in [0.3, 0.4) is 0 Å². The van der Waals surface area contributed by atoms with Crippen molar-refractivity contribution < 1.29 is 9.90 Å². The molecule has 0 aliphatic heterocycles. The van der Waals surface area contributed by atoms with E-state index in [9.17, 15) is 4.79 Å². The fourth-order valence-corrected chi connectivity index (χ4v) is 1.62. The SMILES string of the molecule is Cc1cc(C(=O)O)ccc1NCCN(C)C(C)C. The average Bonchev–Trinajstić information content (AvgIpc) is 2.30. The topological polar surface area (TPSA) is 52.6 Å². The van der Waals surface area contributed by atoms with Gasteiger partial charge in [-0.2, -0.15) is 0 Å². The zero-order valence-electron chi connectivity index (χ0n) is 11.5. The molecule has 4 nitrogen and oxygen atoms in total. The van der Waals surface area contributed by atoms with E-state index in [1.807, 2.05) is 13.0 Å². The summed E-state index contributed by atoms with van der Waals surface area (Å²) in [5.41, 5.74) is 2.29. The number of hydrogen-bond donors (Lipinski definition) is 2. The van der Waals surface area contributed by atoms with Crippen LogP contribution in [0.1, 0.15) is 29.8 Å². The van der Waals surface area contributed by atoms with Gasteiger partial charge < -0.3 is 15.3 Å². The van der Waals surface area contributed by atoms with Crippen LogP contribution in [0.4, 0.5) is 5.69 Å². The number of hydrogen-bond acceptors (Lipinski definition) is 3. The molecule has 1 rings (SSSR count). The van der Waals surface area contributed by atoms with Crippen LogP contribution in [0.5, 0.6) is 0 Å². The fourth-order valence-electron chi connectivity index (χ4n) is 1.62. The van der Waals surface area contributed by atoms with Gasteiger partial charge in [0.15, 0.2) is 0 Å². The number of anilines is 1. The molecule has 0 aliphatic carbocycles. The normalized spacial score (nSPS) is 11.0. The second kappa shape index (κ2) is 6.40. The fraction of sp³-hybridized carbons (Fsp3) is 0.500. The minimum absolute atomic E-state index is 0.331. The maximum absolute atomic E-state index is 10.8. The summed E-state index contributed by atoms with van der Waals surface area (Å²) >= 11 is 0. The Balaban J connectivity index is 2.56. The lowest BCUT2D eigenvalue weighted by Crippen LogP contribution is -2.31. The molecule has 1 aromatic rings. The summed E-state index contributed by atoms with van der Waals surface area (Å²) in [6.45, 7) is 8.04. The Morgan fingerprint density at radius 3 is 2.61 bits per heavy atom. The predicted molar refractivity (Wildman–Crippen MR) is 74.4 cm³/mol. The van der Waals surface area contributed by atoms with Crippen LogP contribution in [0.2, 0.25) is 0 Å². The molecule has 0 spiro atoms. The number of carbonyl (C=O) groups is 1. The molecule has 100 valence electrons. The third-order valence-electron chi connectivity index (χ3n) is 3.13. The van der Waals surface area contributed by atoms with Crippen LogP contribution in [-0.4, -0.2) is 42.2 Å². The van der Waals surface area contributed by atoms with E-state index in [0.717, 1.165) is 24.3 Å². The van der Waals surface area contributed by atoms with Gasteiger partial charge in [0, 0.05) is 24.8 Å². The molecular formula is C14H22N2O2. The van der Waals surface area contributed by atoms with E-state index in [1.54, 1.807) is 12.1 Å². The number of aromatic carboxylic acids is 1. The third-order valence-corrected chi connectivity index (χ3v) is 3.13. The predicted octanol–water partition coefficient (Wildman–Crippen LogP) is 2.45. The van der Waals surface area contributed by atoms with Crippen LogP contribution in [-0.2, 0) is 0 Å². The summed E-state index contributed by atoms with van der Waals surface area (Å²) in [5, 5.41) is 12.2. The average molecular weight is 250 g/mol. The largest absolute Gasteiger partial charge is 0.478 e. The standard InChI is InChI=1S/C14H22N2O2/c1-10(2)16(4)8-7-15-13-6-5-12(14(17)18)9-11(13)3/h5-6,9-10,15H,7-8H2,1-4H3,(H,17,18). The van der Waals surface area contributed by atoms with Crippen molar-refractivity contribution in [2.45, 2.75) is 26.8 Å². The Bertz CT molecular complexity index is 416. The van der Waals surface area contributed by atoms with Gasteiger partial charge in [-0.05, 0) is 51.6 Å². The molecule has 0 saturated heterocycles. The van der Waals surface area contributed by atoms with Crippen LogP contribution >= 0.6 is 0 Å². The highest BCUT2D eigenvalue weighted by atomic mass is 16.4. The molecule has 4 heteroatoms. The maximum Gasteiger partial charge on any atom is 0.335 e. The van der Waals surface area contributed by atoms with Crippen molar-refractivity contribution in [1.82, 2.24) is 4.90 Å². The molecule has 0 radical (unpaired) electrons. The van der Waals surface area contributed by atoms with E-state index in [2.05, 4.69) is 31.1 Å². The number of carboxylic acids is 1. The first-order valence-corrected chi connectivity index (χ1v) is 6.20. The zero-order chi connectivity index (χ0) is 13.7. The van der Waals surface area contributed by atoms with E-state index >= 15 is 0 Å². The maximum atomic E-state index is 10.8. The van der Waals surface area contributed by atoms with Crippen LogP contribution < -0.4 is 5.32 Å². The van der Waals surface area contributed by atoms with Crippen LogP contribution in [0, 0.1) is 6.92 Å². The Kier molecular flexibility index (Phi) is 5.16. The number of rotatable bonds is 6. The minimum atomic E-state index is -0.885. The van der Waals surface area contributed by atoms with Crippen molar-refractivity contribution >= 4 is 11.7 Å². The lowest BCUT2D eigenvalue weighted by atomic mass is 10.1. The molecule has 0 aromatic heterocycles. The first kappa shape index (κ1) is 14.5. The molecule has 0 bridgehead atoms. The molecule has 2 N–H and O–H groups in total. The Morgan fingerprint density at radius 2 is 2.11 bits per heavy atom. The molecular weight excluding hydrogens is 228 g/mol. The van der Waals surface area contributed by atoms with Crippen LogP contribution in [0.25, 0.3) is 0 Å². The quantitative estimate of drug-likeness (QED) is 0.814. The molecule has 0 aliphatic rings. The molecule has 0 unspecified atom stereocenters. The van der Waals surface area contributed by atoms with E-state index in [4.69, 9.17) is 5.11 Å². The number of nitrogens with zero attached hydrogens (tertiary/aromatic N) is 1. The van der Waals surface area contributed by atoms with E-state index < -0.39 is 5.97 Å². The van der Waals surface area contributed by atoms with E-state index in [0.29, 0.717) is 11.6 Å². The Morgan fingerprint density at radius 1 is 1.44 bits per heavy atom. The number of likely N-dealkylation sites (N-methyl/N-ethyl adjacent to an activating group) is 1. The number of nitrogens with one attached hydrogen (secondary N) is 1. The summed E-state index contributed by atoms with van der Waals surface area (Å²) in [7, 11) is 2.09. The lowest BCUT2D eigenvalue weighted by molar-refractivity contribution is 0.0697. The third kappa shape index (κ3) is 4.04. The Labute approximate surface area is 109 Å². The summed E-state index contributed by atoms with van der Waals surface area (Å²) in [6.07, 6.45) is 0. The number of carboxylic acid groups (broad SMARTS) is 1. The van der Waals surface area contributed by atoms with Gasteiger partial charge in [-0.1, -0.05) is 0 Å². The second-order valence-electron chi connectivity index (χ2n) is 4.84. The molecule has 0 fully saturated rings. The monoisotopic (exact) mass is 250 g/mol. The van der Waals surface area contributed by atoms with E-state index in [1.165, 1.54) is 0 Å². The van der Waals surface area contributed by atoms with Crippen LogP contribution in [0.15, 0.2) is 18.2 Å². The van der Waals surface area contributed by atoms with Gasteiger partial charge in [-0.3, -0.25) is 0 Å². The highest BCUT2D eigenvalue weighted by molar-refractivity contribution is 5.88. The van der Waals surface area contributed by atoms with Gasteiger partial charge in [0.2, 0.25) is 0 Å². The van der Waals surface area contributed by atoms with Crippen molar-refractivity contribution in [2.24, 2.45) is 0 Å². The van der Waals surface area contributed by atoms with Gasteiger partial charge in [0.1, 0.15) is 0 Å². The van der Waals surface area contributed by atoms with Crippen molar-refractivity contribution in [1.29, 1.82) is 0 Å². The first-order chi connectivity index (χ1) is 8.41. The molecule has 0 saturated carbocycles. The highest BCUT2D eigenvalue weighted by Crippen LogP contribution is 2.16. The second-order valence-corrected chi connectivity index (χ2v) is 4.84. The van der Waals surface area contributed by atoms with Crippen molar-refractivity contribution in [2.75, 3.05) is 25.5 Å². The minimum Gasteiger partial charge on any atom is -0.478 e. The molecule has 0 amide bonds. The lowest BCUT2D eigenvalue weighted by Gasteiger charge is -2.21. The van der Waals surface area contributed by atoms with Gasteiger partial charge in [-0.25, -0.2) is 4.79 Å². The highest BCUT2D eigenvalue weighted by Gasteiger charge is 2.06. The van der Waals surface area contributed by atoms with Crippen molar-refractivity contribution in [3.8, 4) is 0 Å². The zero-order valence-corrected chi connectivity index (χ0v) is 11.5. The smallest absolute Gasteiger partial charge is 0.335 e. The molecule has 18 heavy (non-hydrogen) atoms. The summed E-state index contributed by atoms with van der Waals surface area (Å²) in [6, 6.07) is 5.68. The molecule has 1 aromatic carbocycles. The molecule has 0 atom stereocenters. The number of benzene rings is 1. The van der Waals surface area contributed by atoms with Crippen molar-refractivity contribution in [3.05, 3.63) is 29.3 Å². The summed E-state index contributed by atoms with van der Waals surface area (Å²) in [4.78, 5) is 13.1. The summed E-state index contributed by atoms with van der Waals surface area (Å²) < 4.78 is 0. The van der Waals surface area contributed by atoms with Crippen molar-refractivity contribution in [3.63, 3.8) is 0 Å². The number of aryl methyl sites for hydroxylation is 1.